The van der Waals surface area contributed by atoms with E-state index in [-0.39, 0.29) is 23.8 Å². The molecule has 0 spiro atoms. The van der Waals surface area contributed by atoms with Crippen molar-refractivity contribution < 1.29 is 22.4 Å². The number of benzene rings is 1. The minimum Gasteiger partial charge on any atom is -0.468 e. The second kappa shape index (κ2) is 7.32. The Morgan fingerprint density at radius 1 is 1.26 bits per heavy atom. The van der Waals surface area contributed by atoms with Crippen molar-refractivity contribution in [2.75, 3.05) is 13.2 Å². The molecule has 2 aromatic rings. The van der Waals surface area contributed by atoms with Gasteiger partial charge < -0.3 is 14.5 Å². The molecule has 0 aliphatic rings. The molecular formula is C16H19NO5S. The van der Waals surface area contributed by atoms with Crippen LogP contribution in [0.1, 0.15) is 23.5 Å². The number of furan rings is 1. The number of carbonyl (C=O) groups excluding carboxylic acids is 1. The van der Waals surface area contributed by atoms with Gasteiger partial charge in [0.1, 0.15) is 11.0 Å². The summed E-state index contributed by atoms with van der Waals surface area (Å²) < 4.78 is 35.7. The molecule has 0 aliphatic carbocycles. The quantitative estimate of drug-likeness (QED) is 0.876. The zero-order valence-corrected chi connectivity index (χ0v) is 13.8. The molecule has 23 heavy (non-hydrogen) atoms. The smallest absolute Gasteiger partial charge is 0.407 e. The van der Waals surface area contributed by atoms with Gasteiger partial charge in [-0.05, 0) is 38.1 Å². The van der Waals surface area contributed by atoms with E-state index in [2.05, 4.69) is 5.32 Å². The van der Waals surface area contributed by atoms with Crippen molar-refractivity contribution in [3.8, 4) is 0 Å². The number of sulfone groups is 1. The summed E-state index contributed by atoms with van der Waals surface area (Å²) in [6, 6.07) is 9.73. The molecule has 0 aliphatic heterocycles. The summed E-state index contributed by atoms with van der Waals surface area (Å²) in [6.07, 6.45) is 0.736. The Kier molecular flexibility index (Phi) is 5.44. The average molecular weight is 337 g/mol. The molecule has 1 atom stereocenters. The molecule has 1 aromatic heterocycles. The normalized spacial score (nSPS) is 12.6. The lowest BCUT2D eigenvalue weighted by molar-refractivity contribution is 0.152. The molecule has 1 heterocycles. The monoisotopic (exact) mass is 337 g/mol. The molecule has 2 rings (SSSR count). The van der Waals surface area contributed by atoms with Gasteiger partial charge in [0.25, 0.3) is 0 Å². The summed E-state index contributed by atoms with van der Waals surface area (Å²) >= 11 is 0. The van der Waals surface area contributed by atoms with Gasteiger partial charge in [-0.25, -0.2) is 13.2 Å². The summed E-state index contributed by atoms with van der Waals surface area (Å²) in [5, 5.41) is 1.44. The Hall–Kier alpha value is -2.28. The third-order valence-electron chi connectivity index (χ3n) is 3.29. The highest BCUT2D eigenvalue weighted by Crippen LogP contribution is 2.29. The molecule has 0 saturated carbocycles. The van der Waals surface area contributed by atoms with Gasteiger partial charge in [-0.15, -0.1) is 0 Å². The topological polar surface area (TPSA) is 85.6 Å². The van der Waals surface area contributed by atoms with Crippen LogP contribution in [0, 0.1) is 6.92 Å². The minimum absolute atomic E-state index is 0.136. The van der Waals surface area contributed by atoms with Gasteiger partial charge in [-0.3, -0.25) is 0 Å². The van der Waals surface area contributed by atoms with E-state index in [1.54, 1.807) is 43.3 Å². The second-order valence-corrected chi connectivity index (χ2v) is 7.09. The summed E-state index contributed by atoms with van der Waals surface area (Å²) in [7, 11) is -3.72. The SMILES string of the molecule is CCOC(=O)NCC(c1ccco1)S(=O)(=O)c1ccc(C)cc1. The van der Waals surface area contributed by atoms with Gasteiger partial charge in [-0.1, -0.05) is 17.7 Å². The number of carbonyl (C=O) groups is 1. The summed E-state index contributed by atoms with van der Waals surface area (Å²) in [5.41, 5.74) is 0.961. The number of hydrogen-bond acceptors (Lipinski definition) is 5. The van der Waals surface area contributed by atoms with Crippen LogP contribution in [-0.4, -0.2) is 27.7 Å². The molecule has 7 heteroatoms. The summed E-state index contributed by atoms with van der Waals surface area (Å²) in [6.45, 7) is 3.62. The fraction of sp³-hybridized carbons (Fsp3) is 0.312. The fourth-order valence-electron chi connectivity index (χ4n) is 2.09. The Morgan fingerprint density at radius 2 is 1.96 bits per heavy atom. The second-order valence-electron chi connectivity index (χ2n) is 4.96. The van der Waals surface area contributed by atoms with E-state index >= 15 is 0 Å². The highest BCUT2D eigenvalue weighted by atomic mass is 32.2. The van der Waals surface area contributed by atoms with Crippen LogP contribution >= 0.6 is 0 Å². The maximum atomic E-state index is 12.9. The molecule has 0 radical (unpaired) electrons. The van der Waals surface area contributed by atoms with Crippen LogP contribution in [0.4, 0.5) is 4.79 Å². The Balaban J connectivity index is 2.29. The fourth-order valence-corrected chi connectivity index (χ4v) is 3.67. The summed E-state index contributed by atoms with van der Waals surface area (Å²) in [4.78, 5) is 11.6. The third kappa shape index (κ3) is 4.13. The molecular weight excluding hydrogens is 318 g/mol. The van der Waals surface area contributed by atoms with E-state index in [9.17, 15) is 13.2 Å². The zero-order valence-electron chi connectivity index (χ0n) is 13.0. The number of hydrogen-bond donors (Lipinski definition) is 1. The molecule has 0 fully saturated rings. The van der Waals surface area contributed by atoms with E-state index in [1.807, 2.05) is 6.92 Å². The molecule has 1 unspecified atom stereocenters. The van der Waals surface area contributed by atoms with E-state index < -0.39 is 21.2 Å². The van der Waals surface area contributed by atoms with Gasteiger partial charge in [0.2, 0.25) is 0 Å². The van der Waals surface area contributed by atoms with Crippen LogP contribution in [0.2, 0.25) is 0 Å². The molecule has 1 amide bonds. The molecule has 1 aromatic carbocycles. The highest BCUT2D eigenvalue weighted by Gasteiger charge is 2.31. The van der Waals surface area contributed by atoms with Crippen molar-refractivity contribution >= 4 is 15.9 Å². The number of nitrogens with one attached hydrogen (secondary N) is 1. The van der Waals surface area contributed by atoms with E-state index in [0.717, 1.165) is 5.56 Å². The number of alkyl carbamates (subject to hydrolysis) is 1. The van der Waals surface area contributed by atoms with Crippen LogP contribution < -0.4 is 5.32 Å². The molecule has 0 bridgehead atoms. The van der Waals surface area contributed by atoms with Crippen molar-refractivity contribution in [2.24, 2.45) is 0 Å². The molecule has 6 nitrogen and oxygen atoms in total. The van der Waals surface area contributed by atoms with Gasteiger partial charge in [0.05, 0.1) is 17.8 Å². The lowest BCUT2D eigenvalue weighted by Crippen LogP contribution is -2.32. The molecule has 124 valence electrons. The lowest BCUT2D eigenvalue weighted by Gasteiger charge is -2.16. The van der Waals surface area contributed by atoms with Crippen LogP contribution in [0.3, 0.4) is 0 Å². The van der Waals surface area contributed by atoms with E-state index in [4.69, 9.17) is 9.15 Å². The lowest BCUT2D eigenvalue weighted by atomic mass is 10.2. The maximum Gasteiger partial charge on any atom is 0.407 e. The third-order valence-corrected chi connectivity index (χ3v) is 5.37. The number of aryl methyl sites for hydroxylation is 1. The largest absolute Gasteiger partial charge is 0.468 e. The Labute approximate surface area is 135 Å². The van der Waals surface area contributed by atoms with Gasteiger partial charge >= 0.3 is 6.09 Å². The van der Waals surface area contributed by atoms with Crippen LogP contribution in [0.15, 0.2) is 52.0 Å². The van der Waals surface area contributed by atoms with Crippen molar-refractivity contribution in [1.29, 1.82) is 0 Å². The first-order valence-electron chi connectivity index (χ1n) is 7.19. The average Bonchev–Trinajstić information content (AvgIpc) is 3.02. The predicted octanol–water partition coefficient (Wildman–Crippen LogP) is 2.85. The molecule has 1 N–H and O–H groups in total. The van der Waals surface area contributed by atoms with E-state index in [0.29, 0.717) is 0 Å². The van der Waals surface area contributed by atoms with Crippen molar-refractivity contribution in [3.63, 3.8) is 0 Å². The van der Waals surface area contributed by atoms with Crippen LogP contribution in [0.25, 0.3) is 0 Å². The maximum absolute atomic E-state index is 12.9. The van der Waals surface area contributed by atoms with Crippen LogP contribution in [-0.2, 0) is 14.6 Å². The standard InChI is InChI=1S/C16H19NO5S/c1-3-21-16(18)17-11-15(14-5-4-10-22-14)23(19,20)13-8-6-12(2)7-9-13/h4-10,15H,3,11H2,1-2H3,(H,17,18). The predicted molar refractivity (Wildman–Crippen MR) is 84.8 cm³/mol. The number of amides is 1. The first-order valence-corrected chi connectivity index (χ1v) is 8.74. The van der Waals surface area contributed by atoms with E-state index in [1.165, 1.54) is 6.26 Å². The zero-order chi connectivity index (χ0) is 16.9. The van der Waals surface area contributed by atoms with Crippen molar-refractivity contribution in [3.05, 3.63) is 54.0 Å². The van der Waals surface area contributed by atoms with Gasteiger partial charge in [-0.2, -0.15) is 0 Å². The van der Waals surface area contributed by atoms with Gasteiger partial charge in [0.15, 0.2) is 9.84 Å². The summed E-state index contributed by atoms with van der Waals surface area (Å²) in [5.74, 6) is 0.266. The Morgan fingerprint density at radius 3 is 2.52 bits per heavy atom. The Bertz CT molecular complexity index is 735. The van der Waals surface area contributed by atoms with Crippen molar-refractivity contribution in [1.82, 2.24) is 5.32 Å². The first kappa shape index (κ1) is 17.1. The van der Waals surface area contributed by atoms with Gasteiger partial charge in [0, 0.05) is 6.54 Å². The van der Waals surface area contributed by atoms with Crippen LogP contribution in [0.5, 0.6) is 0 Å². The van der Waals surface area contributed by atoms with Crippen molar-refractivity contribution in [2.45, 2.75) is 24.0 Å². The highest BCUT2D eigenvalue weighted by molar-refractivity contribution is 7.91. The number of ether oxygens (including phenoxy) is 1. The number of rotatable bonds is 6. The first-order chi connectivity index (χ1) is 10.9. The molecule has 0 saturated heterocycles. The minimum atomic E-state index is -3.72.